The summed E-state index contributed by atoms with van der Waals surface area (Å²) in [6.45, 7) is 1.59. The Labute approximate surface area is 120 Å². The van der Waals surface area contributed by atoms with E-state index in [1.807, 2.05) is 0 Å². The first kappa shape index (κ1) is 13.8. The summed E-state index contributed by atoms with van der Waals surface area (Å²) in [6.07, 6.45) is 0.245. The SMILES string of the molecule is CC(O)(Cc1ccc(F)cc1)c1cc2cccc(F)c2o1. The normalized spacial score (nSPS) is 14.3. The lowest BCUT2D eigenvalue weighted by Gasteiger charge is -2.20. The van der Waals surface area contributed by atoms with E-state index >= 15 is 0 Å². The average Bonchev–Trinajstić information content (AvgIpc) is 2.88. The van der Waals surface area contributed by atoms with Gasteiger partial charge in [0.1, 0.15) is 17.2 Å². The van der Waals surface area contributed by atoms with Gasteiger partial charge >= 0.3 is 0 Å². The van der Waals surface area contributed by atoms with Crippen molar-refractivity contribution in [3.63, 3.8) is 0 Å². The fourth-order valence-corrected chi connectivity index (χ4v) is 2.38. The molecule has 0 spiro atoms. The third-order valence-electron chi connectivity index (χ3n) is 3.49. The first-order valence-electron chi connectivity index (χ1n) is 6.61. The Balaban J connectivity index is 1.95. The molecule has 0 bridgehead atoms. The maximum absolute atomic E-state index is 13.6. The molecule has 1 heterocycles. The van der Waals surface area contributed by atoms with E-state index in [1.165, 1.54) is 18.2 Å². The maximum atomic E-state index is 13.6. The molecule has 0 amide bonds. The van der Waals surface area contributed by atoms with Crippen LogP contribution in [0.5, 0.6) is 0 Å². The second-order valence-corrected chi connectivity index (χ2v) is 5.35. The van der Waals surface area contributed by atoms with Crippen LogP contribution in [0.4, 0.5) is 8.78 Å². The smallest absolute Gasteiger partial charge is 0.170 e. The van der Waals surface area contributed by atoms with E-state index in [0.29, 0.717) is 5.39 Å². The summed E-state index contributed by atoms with van der Waals surface area (Å²) >= 11 is 0. The molecule has 108 valence electrons. The molecule has 0 aliphatic heterocycles. The number of aliphatic hydroxyl groups is 1. The number of furan rings is 1. The van der Waals surface area contributed by atoms with Crippen molar-refractivity contribution in [3.05, 3.63) is 71.5 Å². The molecule has 0 aliphatic carbocycles. The minimum atomic E-state index is -1.30. The Morgan fingerprint density at radius 2 is 1.81 bits per heavy atom. The minimum absolute atomic E-state index is 0.131. The van der Waals surface area contributed by atoms with Crippen LogP contribution in [0.2, 0.25) is 0 Å². The zero-order chi connectivity index (χ0) is 15.0. The summed E-state index contributed by atoms with van der Waals surface area (Å²) < 4.78 is 32.0. The van der Waals surface area contributed by atoms with Crippen LogP contribution >= 0.6 is 0 Å². The monoisotopic (exact) mass is 288 g/mol. The van der Waals surface area contributed by atoms with Gasteiger partial charge in [-0.1, -0.05) is 24.3 Å². The van der Waals surface area contributed by atoms with E-state index in [4.69, 9.17) is 4.42 Å². The number of benzene rings is 2. The van der Waals surface area contributed by atoms with Crippen molar-refractivity contribution in [3.8, 4) is 0 Å². The van der Waals surface area contributed by atoms with Crippen molar-refractivity contribution in [1.82, 2.24) is 0 Å². The molecule has 0 fully saturated rings. The van der Waals surface area contributed by atoms with Crippen LogP contribution in [-0.2, 0) is 12.0 Å². The number of hydrogen-bond acceptors (Lipinski definition) is 2. The van der Waals surface area contributed by atoms with Gasteiger partial charge in [-0.05, 0) is 36.8 Å². The van der Waals surface area contributed by atoms with Crippen LogP contribution < -0.4 is 0 Å². The highest BCUT2D eigenvalue weighted by Gasteiger charge is 2.28. The van der Waals surface area contributed by atoms with E-state index in [-0.39, 0.29) is 23.6 Å². The van der Waals surface area contributed by atoms with Gasteiger partial charge in [0.15, 0.2) is 11.4 Å². The van der Waals surface area contributed by atoms with E-state index in [0.717, 1.165) is 5.56 Å². The van der Waals surface area contributed by atoms with Crippen LogP contribution in [-0.4, -0.2) is 5.11 Å². The van der Waals surface area contributed by atoms with E-state index in [9.17, 15) is 13.9 Å². The summed E-state index contributed by atoms with van der Waals surface area (Å²) in [4.78, 5) is 0. The van der Waals surface area contributed by atoms with Crippen LogP contribution in [0.3, 0.4) is 0 Å². The Hall–Kier alpha value is -2.20. The predicted octanol–water partition coefficient (Wildman–Crippen LogP) is 4.16. The second-order valence-electron chi connectivity index (χ2n) is 5.35. The highest BCUT2D eigenvalue weighted by atomic mass is 19.1. The van der Waals surface area contributed by atoms with Crippen molar-refractivity contribution in [2.45, 2.75) is 18.9 Å². The summed E-state index contributed by atoms with van der Waals surface area (Å²) in [7, 11) is 0. The Bertz CT molecular complexity index is 773. The highest BCUT2D eigenvalue weighted by Crippen LogP contribution is 2.31. The molecular weight excluding hydrogens is 274 g/mol. The lowest BCUT2D eigenvalue weighted by atomic mass is 9.94. The Morgan fingerprint density at radius 1 is 1.10 bits per heavy atom. The molecule has 21 heavy (non-hydrogen) atoms. The van der Waals surface area contributed by atoms with Gasteiger partial charge in [-0.15, -0.1) is 0 Å². The Kier molecular flexibility index (Phi) is 3.26. The molecule has 2 nitrogen and oxygen atoms in total. The molecule has 1 aromatic heterocycles. The summed E-state index contributed by atoms with van der Waals surface area (Å²) in [5, 5.41) is 11.2. The lowest BCUT2D eigenvalue weighted by Crippen LogP contribution is -2.23. The van der Waals surface area contributed by atoms with Gasteiger partial charge in [-0.25, -0.2) is 8.78 Å². The lowest BCUT2D eigenvalue weighted by molar-refractivity contribution is 0.0358. The molecule has 0 radical (unpaired) electrons. The van der Waals surface area contributed by atoms with E-state index in [2.05, 4.69) is 0 Å². The third kappa shape index (κ3) is 2.67. The Morgan fingerprint density at radius 3 is 2.48 bits per heavy atom. The van der Waals surface area contributed by atoms with Crippen molar-refractivity contribution in [1.29, 1.82) is 0 Å². The van der Waals surface area contributed by atoms with Gasteiger partial charge in [0.25, 0.3) is 0 Å². The van der Waals surface area contributed by atoms with Gasteiger partial charge in [0.2, 0.25) is 0 Å². The molecule has 3 aromatic rings. The molecule has 3 rings (SSSR count). The topological polar surface area (TPSA) is 33.4 Å². The van der Waals surface area contributed by atoms with Crippen LogP contribution in [0.15, 0.2) is 52.9 Å². The first-order valence-corrected chi connectivity index (χ1v) is 6.61. The van der Waals surface area contributed by atoms with Crippen molar-refractivity contribution in [2.24, 2.45) is 0 Å². The molecular formula is C17H14F2O2. The summed E-state index contributed by atoms with van der Waals surface area (Å²) in [6, 6.07) is 12.1. The number of hydrogen-bond donors (Lipinski definition) is 1. The molecule has 1 atom stereocenters. The molecule has 1 N–H and O–H groups in total. The van der Waals surface area contributed by atoms with Crippen LogP contribution in [0, 0.1) is 11.6 Å². The van der Waals surface area contributed by atoms with Gasteiger partial charge < -0.3 is 9.52 Å². The van der Waals surface area contributed by atoms with E-state index in [1.54, 1.807) is 37.3 Å². The maximum Gasteiger partial charge on any atom is 0.170 e. The van der Waals surface area contributed by atoms with Crippen molar-refractivity contribution in [2.75, 3.05) is 0 Å². The minimum Gasteiger partial charge on any atom is -0.455 e. The van der Waals surface area contributed by atoms with Crippen molar-refractivity contribution < 1.29 is 18.3 Å². The van der Waals surface area contributed by atoms with E-state index < -0.39 is 11.4 Å². The number of rotatable bonds is 3. The van der Waals surface area contributed by atoms with Crippen LogP contribution in [0.25, 0.3) is 11.0 Å². The third-order valence-corrected chi connectivity index (χ3v) is 3.49. The second kappa shape index (κ2) is 4.97. The van der Waals surface area contributed by atoms with Gasteiger partial charge in [-0.2, -0.15) is 0 Å². The quantitative estimate of drug-likeness (QED) is 0.785. The van der Waals surface area contributed by atoms with Crippen LogP contribution in [0.1, 0.15) is 18.2 Å². The standard InChI is InChI=1S/C17H14F2O2/c1-17(20,10-11-5-7-13(18)8-6-11)15-9-12-3-2-4-14(19)16(12)21-15/h2-9,20H,10H2,1H3. The molecule has 0 saturated carbocycles. The summed E-state index contributed by atoms with van der Waals surface area (Å²) in [5.74, 6) is -0.507. The summed E-state index contributed by atoms with van der Waals surface area (Å²) in [5.41, 5.74) is -0.405. The molecule has 0 saturated heterocycles. The highest BCUT2D eigenvalue weighted by molar-refractivity contribution is 5.78. The molecule has 4 heteroatoms. The zero-order valence-corrected chi connectivity index (χ0v) is 11.4. The number of fused-ring (bicyclic) bond motifs is 1. The van der Waals surface area contributed by atoms with Gasteiger partial charge in [0.05, 0.1) is 0 Å². The predicted molar refractivity (Wildman–Crippen MR) is 75.8 cm³/mol. The van der Waals surface area contributed by atoms with Gasteiger partial charge in [-0.3, -0.25) is 0 Å². The molecule has 0 aliphatic rings. The zero-order valence-electron chi connectivity index (χ0n) is 11.4. The number of halogens is 2. The largest absolute Gasteiger partial charge is 0.455 e. The molecule has 2 aromatic carbocycles. The fourth-order valence-electron chi connectivity index (χ4n) is 2.38. The average molecular weight is 288 g/mol. The fraction of sp³-hybridized carbons (Fsp3) is 0.176. The van der Waals surface area contributed by atoms with Gasteiger partial charge in [0, 0.05) is 11.8 Å². The molecule has 1 unspecified atom stereocenters. The number of para-hydroxylation sites is 1. The van der Waals surface area contributed by atoms with Crippen molar-refractivity contribution >= 4 is 11.0 Å². The first-order chi connectivity index (χ1) is 9.95.